The summed E-state index contributed by atoms with van der Waals surface area (Å²) in [5.74, 6) is -0.460. The molecule has 1 aliphatic heterocycles. The Bertz CT molecular complexity index is 917. The van der Waals surface area contributed by atoms with Gasteiger partial charge >= 0.3 is 5.97 Å². The van der Waals surface area contributed by atoms with E-state index >= 15 is 0 Å². The van der Waals surface area contributed by atoms with Gasteiger partial charge in [0.2, 0.25) is 5.91 Å². The fourth-order valence-corrected chi connectivity index (χ4v) is 3.49. The van der Waals surface area contributed by atoms with Crippen LogP contribution in [0, 0.1) is 13.8 Å². The number of aryl methyl sites for hydroxylation is 2. The Morgan fingerprint density at radius 1 is 1.37 bits per heavy atom. The molecule has 1 atom stereocenters. The van der Waals surface area contributed by atoms with E-state index in [4.69, 9.17) is 5.11 Å². The van der Waals surface area contributed by atoms with Gasteiger partial charge < -0.3 is 15.0 Å². The van der Waals surface area contributed by atoms with Crippen molar-refractivity contribution in [2.75, 3.05) is 13.1 Å². The average molecular weight is 373 g/mol. The lowest BCUT2D eigenvalue weighted by Gasteiger charge is -2.32. The summed E-state index contributed by atoms with van der Waals surface area (Å²) in [6.07, 6.45) is 3.39. The number of carbonyl (C=O) groups excluding carboxylic acids is 1. The van der Waals surface area contributed by atoms with Crippen LogP contribution in [0.3, 0.4) is 0 Å². The smallest absolute Gasteiger partial charge is 0.325 e. The van der Waals surface area contributed by atoms with Crippen molar-refractivity contribution in [1.82, 2.24) is 24.6 Å². The number of aromatic amines is 1. The van der Waals surface area contributed by atoms with E-state index in [1.165, 1.54) is 4.68 Å². The highest BCUT2D eigenvalue weighted by Gasteiger charge is 2.27. The normalized spacial score (nSPS) is 17.1. The van der Waals surface area contributed by atoms with Gasteiger partial charge in [0.25, 0.3) is 5.56 Å². The molecule has 0 saturated carbocycles. The Morgan fingerprint density at radius 2 is 2.15 bits per heavy atom. The zero-order chi connectivity index (χ0) is 19.6. The van der Waals surface area contributed by atoms with Crippen molar-refractivity contribution in [3.63, 3.8) is 0 Å². The summed E-state index contributed by atoms with van der Waals surface area (Å²) in [7, 11) is 0. The molecular weight excluding hydrogens is 350 g/mol. The van der Waals surface area contributed by atoms with Crippen molar-refractivity contribution in [3.05, 3.63) is 45.4 Å². The van der Waals surface area contributed by atoms with Crippen molar-refractivity contribution in [2.45, 2.75) is 45.6 Å². The highest BCUT2D eigenvalue weighted by molar-refractivity contribution is 5.79. The van der Waals surface area contributed by atoms with E-state index in [-0.39, 0.29) is 30.3 Å². The summed E-state index contributed by atoms with van der Waals surface area (Å²) < 4.78 is 1.39. The van der Waals surface area contributed by atoms with Crippen molar-refractivity contribution >= 4 is 11.9 Å². The summed E-state index contributed by atoms with van der Waals surface area (Å²) in [5, 5.41) is 13.2. The zero-order valence-corrected chi connectivity index (χ0v) is 15.4. The Kier molecular flexibility index (Phi) is 5.38. The maximum atomic E-state index is 12.7. The zero-order valence-electron chi connectivity index (χ0n) is 15.4. The van der Waals surface area contributed by atoms with Gasteiger partial charge in [0.15, 0.2) is 0 Å². The molecule has 1 aliphatic rings. The number of carboxylic acids is 1. The molecule has 27 heavy (non-hydrogen) atoms. The van der Waals surface area contributed by atoms with Gasteiger partial charge in [-0.1, -0.05) is 0 Å². The molecule has 0 spiro atoms. The Labute approximate surface area is 156 Å². The maximum Gasteiger partial charge on any atom is 0.325 e. The molecule has 2 aromatic heterocycles. The van der Waals surface area contributed by atoms with Crippen molar-refractivity contribution in [3.8, 4) is 0 Å². The molecule has 3 rings (SSSR count). The van der Waals surface area contributed by atoms with Crippen LogP contribution < -0.4 is 5.56 Å². The number of H-pyrrole nitrogens is 1. The molecule has 0 aromatic carbocycles. The summed E-state index contributed by atoms with van der Waals surface area (Å²) in [6, 6.07) is 1.81. The number of amides is 1. The predicted molar refractivity (Wildman–Crippen MR) is 96.5 cm³/mol. The van der Waals surface area contributed by atoms with Crippen LogP contribution in [0.4, 0.5) is 0 Å². The van der Waals surface area contributed by atoms with Crippen LogP contribution in [0.15, 0.2) is 17.1 Å². The molecule has 0 aliphatic carbocycles. The number of carbonyl (C=O) groups is 2. The van der Waals surface area contributed by atoms with Gasteiger partial charge in [0, 0.05) is 36.5 Å². The lowest BCUT2D eigenvalue weighted by molar-refractivity contribution is -0.138. The van der Waals surface area contributed by atoms with E-state index in [0.29, 0.717) is 30.2 Å². The summed E-state index contributed by atoms with van der Waals surface area (Å²) in [4.78, 5) is 44.3. The molecule has 1 saturated heterocycles. The first kappa shape index (κ1) is 18.8. The lowest BCUT2D eigenvalue weighted by atomic mass is 9.94. The standard InChI is InChI=1S/C18H23N5O4/c1-11-14(18(27)20-12(2)19-11)8-16(24)22-6-3-4-13(9-22)15-5-7-23(21-15)10-17(25)26/h5,7,13H,3-4,6,8-10H2,1-2H3,(H,25,26)(H,19,20,27). The maximum absolute atomic E-state index is 12.7. The number of aliphatic carboxylic acids is 1. The molecule has 1 fully saturated rings. The SMILES string of the molecule is Cc1nc(C)c(CC(=O)N2CCCC(c3ccn(CC(=O)O)n3)C2)c(=O)[nH]1. The predicted octanol–water partition coefficient (Wildman–Crippen LogP) is 0.617. The van der Waals surface area contributed by atoms with E-state index in [1.807, 2.05) is 0 Å². The topological polar surface area (TPSA) is 121 Å². The van der Waals surface area contributed by atoms with Crippen molar-refractivity contribution < 1.29 is 14.7 Å². The van der Waals surface area contributed by atoms with Gasteiger partial charge in [-0.15, -0.1) is 0 Å². The van der Waals surface area contributed by atoms with E-state index in [9.17, 15) is 14.4 Å². The molecule has 0 bridgehead atoms. The van der Waals surface area contributed by atoms with Crippen LogP contribution in [0.25, 0.3) is 0 Å². The van der Waals surface area contributed by atoms with Crippen LogP contribution in [-0.4, -0.2) is 54.7 Å². The van der Waals surface area contributed by atoms with Gasteiger partial charge in [-0.3, -0.25) is 19.1 Å². The second-order valence-corrected chi connectivity index (χ2v) is 6.90. The number of likely N-dealkylation sites (tertiary alicyclic amines) is 1. The minimum atomic E-state index is -0.947. The van der Waals surface area contributed by atoms with E-state index in [1.54, 1.807) is 31.0 Å². The monoisotopic (exact) mass is 373 g/mol. The molecule has 9 nitrogen and oxygen atoms in total. The number of rotatable bonds is 5. The molecule has 144 valence electrons. The third-order valence-electron chi connectivity index (χ3n) is 4.82. The largest absolute Gasteiger partial charge is 0.480 e. The van der Waals surface area contributed by atoms with E-state index in [0.717, 1.165) is 18.5 Å². The Hall–Kier alpha value is -2.97. The number of nitrogens with one attached hydrogen (secondary N) is 1. The Morgan fingerprint density at radius 3 is 2.85 bits per heavy atom. The number of nitrogens with zero attached hydrogens (tertiary/aromatic N) is 4. The highest BCUT2D eigenvalue weighted by atomic mass is 16.4. The minimum absolute atomic E-state index is 0.0224. The summed E-state index contributed by atoms with van der Waals surface area (Å²) >= 11 is 0. The summed E-state index contributed by atoms with van der Waals surface area (Å²) in [5.41, 5.74) is 1.50. The molecular formula is C18H23N5O4. The summed E-state index contributed by atoms with van der Waals surface area (Å²) in [6.45, 7) is 4.41. The van der Waals surface area contributed by atoms with Gasteiger partial charge in [-0.2, -0.15) is 5.10 Å². The highest BCUT2D eigenvalue weighted by Crippen LogP contribution is 2.26. The number of aromatic nitrogens is 4. The number of hydrogen-bond acceptors (Lipinski definition) is 5. The Balaban J connectivity index is 1.69. The van der Waals surface area contributed by atoms with E-state index in [2.05, 4.69) is 15.1 Å². The van der Waals surface area contributed by atoms with Crippen LogP contribution in [-0.2, 0) is 22.6 Å². The second-order valence-electron chi connectivity index (χ2n) is 6.90. The molecule has 1 amide bonds. The quantitative estimate of drug-likeness (QED) is 0.792. The first-order valence-electron chi connectivity index (χ1n) is 8.93. The van der Waals surface area contributed by atoms with Gasteiger partial charge in [0.1, 0.15) is 12.4 Å². The molecule has 9 heteroatoms. The first-order valence-corrected chi connectivity index (χ1v) is 8.93. The fourth-order valence-electron chi connectivity index (χ4n) is 3.49. The van der Waals surface area contributed by atoms with Gasteiger partial charge in [0.05, 0.1) is 12.1 Å². The van der Waals surface area contributed by atoms with Gasteiger partial charge in [-0.25, -0.2) is 4.98 Å². The average Bonchev–Trinajstić information content (AvgIpc) is 3.05. The molecule has 3 heterocycles. The van der Waals surface area contributed by atoms with Crippen LogP contribution in [0.1, 0.15) is 41.5 Å². The minimum Gasteiger partial charge on any atom is -0.480 e. The molecule has 2 N–H and O–H groups in total. The lowest BCUT2D eigenvalue weighted by Crippen LogP contribution is -2.41. The van der Waals surface area contributed by atoms with Crippen LogP contribution >= 0.6 is 0 Å². The van der Waals surface area contributed by atoms with Crippen LogP contribution in [0.2, 0.25) is 0 Å². The number of piperidine rings is 1. The fraction of sp³-hybridized carbons (Fsp3) is 0.500. The first-order chi connectivity index (χ1) is 12.8. The third kappa shape index (κ3) is 4.42. The second kappa shape index (κ2) is 7.73. The molecule has 1 unspecified atom stereocenters. The van der Waals surface area contributed by atoms with Gasteiger partial charge in [-0.05, 0) is 32.8 Å². The molecule has 0 radical (unpaired) electrons. The van der Waals surface area contributed by atoms with E-state index < -0.39 is 5.97 Å². The van der Waals surface area contributed by atoms with Crippen molar-refractivity contribution in [1.29, 1.82) is 0 Å². The number of hydrogen-bond donors (Lipinski definition) is 2. The van der Waals surface area contributed by atoms with Crippen molar-refractivity contribution in [2.24, 2.45) is 0 Å². The molecule has 2 aromatic rings. The number of carboxylic acid groups (broad SMARTS) is 1. The van der Waals surface area contributed by atoms with Crippen LogP contribution in [0.5, 0.6) is 0 Å². The third-order valence-corrected chi connectivity index (χ3v) is 4.82.